The maximum Gasteiger partial charge on any atom is 0.241 e. The smallest absolute Gasteiger partial charge is 0.241 e. The molecule has 0 aromatic heterocycles. The van der Waals surface area contributed by atoms with Crippen LogP contribution in [0, 0.1) is 5.82 Å². The molecule has 0 radical (unpaired) electrons. The predicted octanol–water partition coefficient (Wildman–Crippen LogP) is 2.46. The zero-order chi connectivity index (χ0) is 15.4. The summed E-state index contributed by atoms with van der Waals surface area (Å²) in [4.78, 5) is 14.3. The Bertz CT molecular complexity index is 478. The van der Waals surface area contributed by atoms with Gasteiger partial charge in [-0.2, -0.15) is 0 Å². The molecule has 1 N–H and O–H groups in total. The van der Waals surface area contributed by atoms with E-state index >= 15 is 0 Å². The van der Waals surface area contributed by atoms with E-state index in [2.05, 4.69) is 5.32 Å². The van der Waals surface area contributed by atoms with Crippen molar-refractivity contribution in [2.24, 2.45) is 0 Å². The van der Waals surface area contributed by atoms with Crippen molar-refractivity contribution in [3.8, 4) is 0 Å². The van der Waals surface area contributed by atoms with Crippen molar-refractivity contribution in [3.05, 3.63) is 35.6 Å². The number of carbonyl (C=O) groups excluding carboxylic acids is 1. The van der Waals surface area contributed by atoms with Gasteiger partial charge in [0.1, 0.15) is 12.0 Å². The maximum absolute atomic E-state index is 13.1. The highest BCUT2D eigenvalue weighted by Crippen LogP contribution is 2.27. The molecule has 1 aliphatic heterocycles. The van der Waals surface area contributed by atoms with E-state index in [4.69, 9.17) is 4.74 Å². The first-order chi connectivity index (χ1) is 10.1. The van der Waals surface area contributed by atoms with Crippen LogP contribution in [-0.2, 0) is 9.53 Å². The molecule has 21 heavy (non-hydrogen) atoms. The second-order valence-corrected chi connectivity index (χ2v) is 5.34. The summed E-state index contributed by atoms with van der Waals surface area (Å²) in [5.41, 5.74) is 0.893. The lowest BCUT2D eigenvalue weighted by Crippen LogP contribution is -2.37. The lowest BCUT2D eigenvalue weighted by molar-refractivity contribution is -0.132. The van der Waals surface area contributed by atoms with Crippen LogP contribution in [0.3, 0.4) is 0 Å². The monoisotopic (exact) mass is 294 g/mol. The van der Waals surface area contributed by atoms with Gasteiger partial charge in [-0.25, -0.2) is 4.39 Å². The third-order valence-electron chi connectivity index (χ3n) is 3.75. The fourth-order valence-corrected chi connectivity index (χ4v) is 2.70. The van der Waals surface area contributed by atoms with Crippen molar-refractivity contribution in [3.63, 3.8) is 0 Å². The number of nitrogens with one attached hydrogen (secondary N) is 1. The Morgan fingerprint density at radius 2 is 2.00 bits per heavy atom. The summed E-state index contributed by atoms with van der Waals surface area (Å²) in [6, 6.07) is 6.09. The number of amides is 1. The van der Waals surface area contributed by atoms with Gasteiger partial charge in [0, 0.05) is 13.2 Å². The van der Waals surface area contributed by atoms with E-state index in [1.165, 1.54) is 12.1 Å². The van der Waals surface area contributed by atoms with Gasteiger partial charge in [0.05, 0.1) is 12.1 Å². The zero-order valence-electron chi connectivity index (χ0n) is 12.8. The van der Waals surface area contributed by atoms with Gasteiger partial charge < -0.3 is 9.64 Å². The molecule has 5 heteroatoms. The molecule has 3 unspecified atom stereocenters. The van der Waals surface area contributed by atoms with E-state index in [1.54, 1.807) is 17.0 Å². The number of rotatable bonds is 6. The highest BCUT2D eigenvalue weighted by atomic mass is 19.1. The highest BCUT2D eigenvalue weighted by molar-refractivity contribution is 5.84. The Labute approximate surface area is 125 Å². The third-order valence-corrected chi connectivity index (χ3v) is 3.75. The number of nitrogens with zero attached hydrogens (tertiary/aromatic N) is 1. The van der Waals surface area contributed by atoms with Crippen LogP contribution in [0.4, 0.5) is 4.39 Å². The molecule has 1 aromatic carbocycles. The van der Waals surface area contributed by atoms with Crippen LogP contribution in [0.2, 0.25) is 0 Å². The fraction of sp³-hybridized carbons (Fsp3) is 0.562. The van der Waals surface area contributed by atoms with Crippen molar-refractivity contribution >= 4 is 5.91 Å². The molecule has 0 aliphatic carbocycles. The minimum absolute atomic E-state index is 0.0284. The van der Waals surface area contributed by atoms with Crippen LogP contribution < -0.4 is 5.32 Å². The molecule has 1 aliphatic rings. The van der Waals surface area contributed by atoms with Crippen molar-refractivity contribution in [2.75, 3.05) is 13.2 Å². The lowest BCUT2D eigenvalue weighted by Gasteiger charge is -2.27. The number of carbonyl (C=O) groups is 1. The molecular formula is C16H23FN2O2. The van der Waals surface area contributed by atoms with Crippen molar-refractivity contribution < 1.29 is 13.9 Å². The van der Waals surface area contributed by atoms with Gasteiger partial charge in [-0.3, -0.25) is 10.1 Å². The second-order valence-electron chi connectivity index (χ2n) is 5.34. The predicted molar refractivity (Wildman–Crippen MR) is 79.2 cm³/mol. The number of halogens is 1. The topological polar surface area (TPSA) is 41.6 Å². The third kappa shape index (κ3) is 3.60. The number of ether oxygens (including phenoxy) is 1. The van der Waals surface area contributed by atoms with Crippen molar-refractivity contribution in [2.45, 2.75) is 45.5 Å². The molecule has 0 bridgehead atoms. The minimum Gasteiger partial charge on any atom is -0.377 e. The second kappa shape index (κ2) is 7.00. The maximum atomic E-state index is 13.1. The molecule has 116 valence electrons. The SMILES string of the molecule is CCOC(C)CN1C(=O)C(CC)NC1c1ccc(F)cc1. The summed E-state index contributed by atoms with van der Waals surface area (Å²) < 4.78 is 18.6. The number of benzene rings is 1. The fourth-order valence-electron chi connectivity index (χ4n) is 2.70. The van der Waals surface area contributed by atoms with Crippen LogP contribution in [0.25, 0.3) is 0 Å². The van der Waals surface area contributed by atoms with Gasteiger partial charge in [-0.05, 0) is 38.0 Å². The zero-order valence-corrected chi connectivity index (χ0v) is 12.8. The van der Waals surface area contributed by atoms with Gasteiger partial charge in [0.2, 0.25) is 5.91 Å². The van der Waals surface area contributed by atoms with Crippen molar-refractivity contribution in [1.82, 2.24) is 10.2 Å². The Kier molecular flexibility index (Phi) is 5.31. The van der Waals surface area contributed by atoms with E-state index in [9.17, 15) is 9.18 Å². The van der Waals surface area contributed by atoms with E-state index < -0.39 is 0 Å². The van der Waals surface area contributed by atoms with Gasteiger partial charge >= 0.3 is 0 Å². The highest BCUT2D eigenvalue weighted by Gasteiger charge is 2.39. The van der Waals surface area contributed by atoms with E-state index in [1.807, 2.05) is 20.8 Å². The Morgan fingerprint density at radius 1 is 1.33 bits per heavy atom. The molecule has 3 atom stereocenters. The van der Waals surface area contributed by atoms with Gasteiger partial charge in [-0.1, -0.05) is 19.1 Å². The van der Waals surface area contributed by atoms with Crippen LogP contribution in [0.15, 0.2) is 24.3 Å². The van der Waals surface area contributed by atoms with Crippen LogP contribution in [0.1, 0.15) is 38.9 Å². The first kappa shape index (κ1) is 15.9. The average molecular weight is 294 g/mol. The first-order valence-corrected chi connectivity index (χ1v) is 7.50. The molecule has 1 fully saturated rings. The van der Waals surface area contributed by atoms with Gasteiger partial charge in [0.25, 0.3) is 0 Å². The average Bonchev–Trinajstić information content (AvgIpc) is 2.77. The minimum atomic E-state index is -0.274. The molecule has 0 saturated carbocycles. The standard InChI is InChI=1S/C16H23FN2O2/c1-4-14-16(20)19(10-11(3)21-5-2)15(18-14)12-6-8-13(17)9-7-12/h6-9,11,14-15,18H,4-5,10H2,1-3H3. The van der Waals surface area contributed by atoms with E-state index in [0.717, 1.165) is 12.0 Å². The summed E-state index contributed by atoms with van der Waals surface area (Å²) in [6.07, 6.45) is 0.487. The van der Waals surface area contributed by atoms with E-state index in [-0.39, 0.29) is 30.0 Å². The molecule has 2 rings (SSSR count). The van der Waals surface area contributed by atoms with E-state index in [0.29, 0.717) is 13.2 Å². The van der Waals surface area contributed by atoms with Crippen molar-refractivity contribution in [1.29, 1.82) is 0 Å². The largest absolute Gasteiger partial charge is 0.377 e. The Hall–Kier alpha value is -1.46. The molecule has 1 aromatic rings. The summed E-state index contributed by atoms with van der Waals surface area (Å²) in [5.74, 6) is -0.192. The summed E-state index contributed by atoms with van der Waals surface area (Å²) >= 11 is 0. The molecule has 1 amide bonds. The number of hydrogen-bond acceptors (Lipinski definition) is 3. The van der Waals surface area contributed by atoms with Crippen LogP contribution >= 0.6 is 0 Å². The summed E-state index contributed by atoms with van der Waals surface area (Å²) in [6.45, 7) is 7.02. The first-order valence-electron chi connectivity index (χ1n) is 7.50. The summed E-state index contributed by atoms with van der Waals surface area (Å²) in [7, 11) is 0. The van der Waals surface area contributed by atoms with Crippen LogP contribution in [-0.4, -0.2) is 36.1 Å². The number of hydrogen-bond donors (Lipinski definition) is 1. The Balaban J connectivity index is 2.19. The normalized spacial score (nSPS) is 23.6. The lowest BCUT2D eigenvalue weighted by atomic mass is 10.1. The molecular weight excluding hydrogens is 271 g/mol. The quantitative estimate of drug-likeness (QED) is 0.876. The van der Waals surface area contributed by atoms with Gasteiger partial charge in [0.15, 0.2) is 0 Å². The Morgan fingerprint density at radius 3 is 2.57 bits per heavy atom. The molecule has 0 spiro atoms. The van der Waals surface area contributed by atoms with Crippen LogP contribution in [0.5, 0.6) is 0 Å². The van der Waals surface area contributed by atoms with Gasteiger partial charge in [-0.15, -0.1) is 0 Å². The molecule has 1 saturated heterocycles. The molecule has 4 nitrogen and oxygen atoms in total. The summed E-state index contributed by atoms with van der Waals surface area (Å²) in [5, 5.41) is 3.32. The molecule has 1 heterocycles.